The van der Waals surface area contributed by atoms with Crippen LogP contribution in [0.25, 0.3) is 0 Å². The van der Waals surface area contributed by atoms with Crippen molar-refractivity contribution in [3.63, 3.8) is 0 Å². The molecule has 1 aromatic carbocycles. The minimum atomic E-state index is -0.889. The second-order valence-corrected chi connectivity index (χ2v) is 6.10. The number of benzene rings is 1. The van der Waals surface area contributed by atoms with Gasteiger partial charge in [0.1, 0.15) is 17.1 Å². The average molecular weight is 374 g/mol. The molecule has 3 N–H and O–H groups in total. The summed E-state index contributed by atoms with van der Waals surface area (Å²) in [7, 11) is 1.19. The standard InChI is InChI=1S/C19H19FN2O5/c1-10-9-13-15(18(24)22(10)7-8-23)14(11-3-5-12(20)6-4-11)16(17(21)27-13)19(25)26-2/h3-6,9,14,23H,7-8,21H2,1-2H3. The number of pyridine rings is 1. The van der Waals surface area contributed by atoms with Gasteiger partial charge in [-0.25, -0.2) is 9.18 Å². The first-order valence-corrected chi connectivity index (χ1v) is 8.25. The minimum Gasteiger partial charge on any atom is -0.465 e. The zero-order valence-corrected chi connectivity index (χ0v) is 14.9. The molecule has 1 aromatic heterocycles. The van der Waals surface area contributed by atoms with E-state index in [0.29, 0.717) is 11.3 Å². The zero-order chi connectivity index (χ0) is 19.7. The van der Waals surface area contributed by atoms with Crippen LogP contribution in [-0.4, -0.2) is 29.4 Å². The van der Waals surface area contributed by atoms with E-state index in [9.17, 15) is 19.1 Å². The Kier molecular flexibility index (Phi) is 5.00. The second kappa shape index (κ2) is 7.24. The van der Waals surface area contributed by atoms with Crippen LogP contribution in [0.4, 0.5) is 4.39 Å². The van der Waals surface area contributed by atoms with Gasteiger partial charge in [0.2, 0.25) is 5.88 Å². The monoisotopic (exact) mass is 374 g/mol. The number of rotatable bonds is 4. The Hall–Kier alpha value is -3.13. The largest absolute Gasteiger partial charge is 0.465 e. The number of hydrogen-bond acceptors (Lipinski definition) is 6. The van der Waals surface area contributed by atoms with Crippen LogP contribution in [0.5, 0.6) is 5.75 Å². The molecule has 3 rings (SSSR count). The van der Waals surface area contributed by atoms with Crippen molar-refractivity contribution in [2.45, 2.75) is 19.4 Å². The number of methoxy groups -OCH3 is 1. The van der Waals surface area contributed by atoms with Gasteiger partial charge in [0.15, 0.2) is 0 Å². The molecular weight excluding hydrogens is 355 g/mol. The number of esters is 1. The fraction of sp³-hybridized carbons (Fsp3) is 0.263. The van der Waals surface area contributed by atoms with Crippen LogP contribution in [0, 0.1) is 12.7 Å². The van der Waals surface area contributed by atoms with E-state index in [1.807, 2.05) is 0 Å². The first-order valence-electron chi connectivity index (χ1n) is 8.25. The summed E-state index contributed by atoms with van der Waals surface area (Å²) < 4.78 is 25.1. The summed E-state index contributed by atoms with van der Waals surface area (Å²) in [5.74, 6) is -2.06. The molecule has 1 unspecified atom stereocenters. The van der Waals surface area contributed by atoms with Crippen molar-refractivity contribution in [3.05, 3.63) is 74.8 Å². The summed E-state index contributed by atoms with van der Waals surface area (Å²) in [5, 5.41) is 9.27. The van der Waals surface area contributed by atoms with Crippen LogP contribution >= 0.6 is 0 Å². The molecule has 1 aliphatic heterocycles. The summed E-state index contributed by atoms with van der Waals surface area (Å²) in [5.41, 5.74) is 6.73. The molecule has 0 spiro atoms. The third-order valence-corrected chi connectivity index (χ3v) is 4.50. The van der Waals surface area contributed by atoms with E-state index in [0.717, 1.165) is 0 Å². The Balaban J connectivity index is 2.32. The number of halogens is 1. The number of aromatic nitrogens is 1. The highest BCUT2D eigenvalue weighted by molar-refractivity contribution is 5.92. The lowest BCUT2D eigenvalue weighted by Crippen LogP contribution is -2.35. The molecule has 0 saturated heterocycles. The van der Waals surface area contributed by atoms with Gasteiger partial charge in [-0.05, 0) is 24.6 Å². The van der Waals surface area contributed by atoms with Gasteiger partial charge in [-0.3, -0.25) is 4.79 Å². The lowest BCUT2D eigenvalue weighted by Gasteiger charge is -2.28. The van der Waals surface area contributed by atoms with Crippen molar-refractivity contribution >= 4 is 5.97 Å². The molecule has 1 atom stereocenters. The van der Waals surface area contributed by atoms with E-state index in [1.54, 1.807) is 13.0 Å². The molecule has 0 bridgehead atoms. The zero-order valence-electron chi connectivity index (χ0n) is 14.9. The van der Waals surface area contributed by atoms with E-state index in [-0.39, 0.29) is 35.9 Å². The molecule has 8 heteroatoms. The predicted octanol–water partition coefficient (Wildman–Crippen LogP) is 1.16. The molecule has 0 fully saturated rings. The third-order valence-electron chi connectivity index (χ3n) is 4.50. The molecule has 27 heavy (non-hydrogen) atoms. The van der Waals surface area contributed by atoms with E-state index in [1.165, 1.54) is 35.9 Å². The Morgan fingerprint density at radius 1 is 1.37 bits per heavy atom. The van der Waals surface area contributed by atoms with Crippen molar-refractivity contribution in [3.8, 4) is 5.75 Å². The first-order chi connectivity index (χ1) is 12.9. The number of ether oxygens (including phenoxy) is 2. The Bertz CT molecular complexity index is 979. The van der Waals surface area contributed by atoms with Crippen LogP contribution in [0.3, 0.4) is 0 Å². The Labute approximate surface area is 154 Å². The highest BCUT2D eigenvalue weighted by Gasteiger charge is 2.38. The van der Waals surface area contributed by atoms with Gasteiger partial charge >= 0.3 is 5.97 Å². The molecule has 7 nitrogen and oxygen atoms in total. The van der Waals surface area contributed by atoms with Gasteiger partial charge in [-0.15, -0.1) is 0 Å². The lowest BCUT2D eigenvalue weighted by molar-refractivity contribution is -0.136. The van der Waals surface area contributed by atoms with Gasteiger partial charge in [0.05, 0.1) is 25.2 Å². The summed E-state index contributed by atoms with van der Waals surface area (Å²) in [6.07, 6.45) is 0. The van der Waals surface area contributed by atoms with Crippen molar-refractivity contribution in [1.82, 2.24) is 4.57 Å². The number of nitrogens with two attached hydrogens (primary N) is 1. The molecule has 0 amide bonds. The maximum absolute atomic E-state index is 13.4. The summed E-state index contributed by atoms with van der Waals surface area (Å²) in [6, 6.07) is 7.03. The van der Waals surface area contributed by atoms with Crippen molar-refractivity contribution in [1.29, 1.82) is 0 Å². The lowest BCUT2D eigenvalue weighted by atomic mass is 9.83. The minimum absolute atomic E-state index is 0.0342. The fourth-order valence-corrected chi connectivity index (χ4v) is 3.26. The molecular formula is C19H19FN2O5. The molecule has 142 valence electrons. The smallest absolute Gasteiger partial charge is 0.340 e. The van der Waals surface area contributed by atoms with E-state index >= 15 is 0 Å². The van der Waals surface area contributed by atoms with Crippen LogP contribution in [0.2, 0.25) is 0 Å². The van der Waals surface area contributed by atoms with Gasteiger partial charge in [-0.1, -0.05) is 12.1 Å². The third kappa shape index (κ3) is 3.19. The maximum atomic E-state index is 13.4. The number of aliphatic hydroxyl groups is 1. The van der Waals surface area contributed by atoms with Gasteiger partial charge < -0.3 is 24.9 Å². The van der Waals surface area contributed by atoms with Crippen molar-refractivity contribution in [2.75, 3.05) is 13.7 Å². The molecule has 2 aromatic rings. The quantitative estimate of drug-likeness (QED) is 0.779. The molecule has 2 heterocycles. The Morgan fingerprint density at radius 2 is 2.04 bits per heavy atom. The normalized spacial score (nSPS) is 15.9. The number of fused-ring (bicyclic) bond motifs is 1. The SMILES string of the molecule is COC(=O)C1=C(N)Oc2cc(C)n(CCO)c(=O)c2C1c1ccc(F)cc1. The number of aryl methyl sites for hydroxylation is 1. The molecule has 0 aliphatic carbocycles. The number of aliphatic hydroxyl groups excluding tert-OH is 1. The second-order valence-electron chi connectivity index (χ2n) is 6.10. The summed E-state index contributed by atoms with van der Waals surface area (Å²) in [4.78, 5) is 25.5. The number of nitrogens with zero attached hydrogens (tertiary/aromatic N) is 1. The first kappa shape index (κ1) is 18.7. The summed E-state index contributed by atoms with van der Waals surface area (Å²) >= 11 is 0. The number of carbonyl (C=O) groups is 1. The average Bonchev–Trinajstić information content (AvgIpc) is 2.64. The Morgan fingerprint density at radius 3 is 2.63 bits per heavy atom. The number of hydrogen-bond donors (Lipinski definition) is 2. The highest BCUT2D eigenvalue weighted by atomic mass is 19.1. The van der Waals surface area contributed by atoms with Crippen LogP contribution in [0.1, 0.15) is 22.7 Å². The van der Waals surface area contributed by atoms with Gasteiger partial charge in [0, 0.05) is 18.3 Å². The molecule has 1 aliphatic rings. The predicted molar refractivity (Wildman–Crippen MR) is 94.6 cm³/mol. The van der Waals surface area contributed by atoms with Gasteiger partial charge in [-0.2, -0.15) is 0 Å². The van der Waals surface area contributed by atoms with Gasteiger partial charge in [0.25, 0.3) is 5.56 Å². The molecule has 0 radical (unpaired) electrons. The molecule has 0 saturated carbocycles. The van der Waals surface area contributed by atoms with E-state index in [2.05, 4.69) is 0 Å². The van der Waals surface area contributed by atoms with Crippen LogP contribution < -0.4 is 16.0 Å². The topological polar surface area (TPSA) is 104 Å². The highest BCUT2D eigenvalue weighted by Crippen LogP contribution is 2.41. The van der Waals surface area contributed by atoms with E-state index in [4.69, 9.17) is 15.2 Å². The van der Waals surface area contributed by atoms with Crippen LogP contribution in [-0.2, 0) is 16.1 Å². The number of carbonyl (C=O) groups excluding carboxylic acids is 1. The van der Waals surface area contributed by atoms with E-state index < -0.39 is 23.3 Å². The maximum Gasteiger partial charge on any atom is 0.340 e. The van der Waals surface area contributed by atoms with Crippen molar-refractivity contribution < 1.29 is 23.8 Å². The van der Waals surface area contributed by atoms with Crippen molar-refractivity contribution in [2.24, 2.45) is 5.73 Å². The fourth-order valence-electron chi connectivity index (χ4n) is 3.26. The van der Waals surface area contributed by atoms with Crippen LogP contribution in [0.15, 0.2) is 46.6 Å². The summed E-state index contributed by atoms with van der Waals surface area (Å²) in [6.45, 7) is 1.55.